The van der Waals surface area contributed by atoms with Gasteiger partial charge < -0.3 is 33.5 Å². The van der Waals surface area contributed by atoms with Crippen molar-refractivity contribution >= 4 is 24.4 Å². The summed E-state index contributed by atoms with van der Waals surface area (Å²) in [5.41, 5.74) is -1.96. The van der Waals surface area contributed by atoms with E-state index in [-0.39, 0.29) is 48.7 Å². The second-order valence-corrected chi connectivity index (χ2v) is 10.8. The summed E-state index contributed by atoms with van der Waals surface area (Å²) in [6.45, 7) is 13.3. The number of nitrogens with one attached hydrogen (secondary N) is 1. The third kappa shape index (κ3) is 14.0. The number of carboxylic acid groups (broad SMARTS) is 1. The van der Waals surface area contributed by atoms with E-state index in [0.29, 0.717) is 19.3 Å². The molecule has 2 N–H and O–H groups in total. The Bertz CT molecular complexity index is 1030. The highest BCUT2D eigenvalue weighted by Crippen LogP contribution is 2.32. The SMILES string of the molecule is CCCCCOC(=O)Oc1ccc(C[C@](NC(C)CC)(OC(=O)OC(C)C(C)C)C(=O)O)cc1OC(=O)OCCCCC. The average Bonchev–Trinajstić information content (AvgIpc) is 2.94. The quantitative estimate of drug-likeness (QED) is 0.0543. The number of rotatable bonds is 19. The Labute approximate surface area is 254 Å². The van der Waals surface area contributed by atoms with Gasteiger partial charge in [0.2, 0.25) is 0 Å². The van der Waals surface area contributed by atoms with Crippen molar-refractivity contribution < 1.29 is 52.7 Å². The van der Waals surface area contributed by atoms with Crippen LogP contribution in [0.1, 0.15) is 99.0 Å². The number of benzene rings is 1. The average molecular weight is 612 g/mol. The molecule has 1 rings (SSSR count). The van der Waals surface area contributed by atoms with Gasteiger partial charge in [-0.05, 0) is 56.7 Å². The fraction of sp³-hybridized carbons (Fsp3) is 0.677. The number of unbranched alkanes of at least 4 members (excludes halogenated alkanes) is 4. The summed E-state index contributed by atoms with van der Waals surface area (Å²) in [6.07, 6.45) is 1.36. The number of carboxylic acids is 1. The Balaban J connectivity index is 3.36. The third-order valence-corrected chi connectivity index (χ3v) is 6.70. The first-order valence-corrected chi connectivity index (χ1v) is 15.1. The monoisotopic (exact) mass is 611 g/mol. The van der Waals surface area contributed by atoms with Gasteiger partial charge in [0.1, 0.15) is 6.10 Å². The van der Waals surface area contributed by atoms with Gasteiger partial charge in [0.15, 0.2) is 11.5 Å². The molecule has 0 fully saturated rings. The molecule has 0 spiro atoms. The Morgan fingerprint density at radius 1 is 0.814 bits per heavy atom. The van der Waals surface area contributed by atoms with E-state index in [0.717, 1.165) is 25.7 Å². The number of carbonyl (C=O) groups excluding carboxylic acids is 3. The van der Waals surface area contributed by atoms with Crippen LogP contribution in [-0.2, 0) is 30.2 Å². The molecule has 0 aliphatic carbocycles. The standard InChI is InChI=1S/C31H49NO11/c1-8-11-13-17-38-28(35)41-25-16-15-24(19-26(25)42-29(36)39-18-14-12-9-2)20-31(27(33)34,32-22(6)10-3)43-30(37)40-23(7)21(4)5/h15-16,19,21-23,32H,8-14,17-18,20H2,1-7H3,(H,33,34)/t22?,23?,31-/m0/s1. The zero-order valence-electron chi connectivity index (χ0n) is 26.6. The second kappa shape index (κ2) is 19.6. The van der Waals surface area contributed by atoms with Gasteiger partial charge in [0.25, 0.3) is 5.72 Å². The van der Waals surface area contributed by atoms with Crippen LogP contribution in [0.4, 0.5) is 14.4 Å². The fourth-order valence-electron chi connectivity index (χ4n) is 3.62. The summed E-state index contributed by atoms with van der Waals surface area (Å²) in [7, 11) is 0. The van der Waals surface area contributed by atoms with Crippen LogP contribution in [0.5, 0.6) is 11.5 Å². The third-order valence-electron chi connectivity index (χ3n) is 6.70. The van der Waals surface area contributed by atoms with E-state index in [4.69, 9.17) is 28.4 Å². The molecule has 0 aliphatic rings. The maximum Gasteiger partial charge on any atom is 0.513 e. The van der Waals surface area contributed by atoms with Gasteiger partial charge >= 0.3 is 24.4 Å². The molecule has 12 nitrogen and oxygen atoms in total. The van der Waals surface area contributed by atoms with Crippen LogP contribution in [0.2, 0.25) is 0 Å². The molecule has 2 unspecified atom stereocenters. The number of hydrogen-bond acceptors (Lipinski definition) is 11. The Morgan fingerprint density at radius 3 is 1.86 bits per heavy atom. The summed E-state index contributed by atoms with van der Waals surface area (Å²) >= 11 is 0. The highest BCUT2D eigenvalue weighted by atomic mass is 16.8. The van der Waals surface area contributed by atoms with Crippen molar-refractivity contribution in [2.75, 3.05) is 13.2 Å². The van der Waals surface area contributed by atoms with E-state index in [1.165, 1.54) is 18.2 Å². The predicted octanol–water partition coefficient (Wildman–Crippen LogP) is 7.01. The van der Waals surface area contributed by atoms with Crippen LogP contribution in [0.25, 0.3) is 0 Å². The van der Waals surface area contributed by atoms with E-state index >= 15 is 0 Å². The lowest BCUT2D eigenvalue weighted by atomic mass is 10.00. The predicted molar refractivity (Wildman–Crippen MR) is 158 cm³/mol. The highest BCUT2D eigenvalue weighted by molar-refractivity contribution is 5.80. The Morgan fingerprint density at radius 2 is 1.37 bits per heavy atom. The maximum absolute atomic E-state index is 12.7. The minimum Gasteiger partial charge on any atom is -0.477 e. The van der Waals surface area contributed by atoms with Crippen molar-refractivity contribution in [3.63, 3.8) is 0 Å². The maximum atomic E-state index is 12.7. The molecular weight excluding hydrogens is 562 g/mol. The van der Waals surface area contributed by atoms with Crippen molar-refractivity contribution in [3.8, 4) is 11.5 Å². The minimum atomic E-state index is -2.23. The molecule has 0 saturated carbocycles. The van der Waals surface area contributed by atoms with Crippen molar-refractivity contribution in [1.82, 2.24) is 5.32 Å². The van der Waals surface area contributed by atoms with Gasteiger partial charge in [-0.15, -0.1) is 0 Å². The van der Waals surface area contributed by atoms with Crippen LogP contribution in [0.3, 0.4) is 0 Å². The van der Waals surface area contributed by atoms with Crippen LogP contribution < -0.4 is 14.8 Å². The highest BCUT2D eigenvalue weighted by Gasteiger charge is 2.45. The van der Waals surface area contributed by atoms with E-state index in [1.54, 1.807) is 13.8 Å². The molecular formula is C31H49NO11. The molecule has 0 aliphatic heterocycles. The number of carbonyl (C=O) groups is 4. The van der Waals surface area contributed by atoms with E-state index in [2.05, 4.69) is 5.32 Å². The molecule has 3 atom stereocenters. The lowest BCUT2D eigenvalue weighted by molar-refractivity contribution is -0.168. The molecule has 1 aromatic carbocycles. The number of aliphatic carboxylic acids is 1. The van der Waals surface area contributed by atoms with Gasteiger partial charge in [-0.2, -0.15) is 0 Å². The first-order chi connectivity index (χ1) is 20.4. The molecule has 244 valence electrons. The summed E-state index contributed by atoms with van der Waals surface area (Å²) in [4.78, 5) is 50.1. The topological polar surface area (TPSA) is 156 Å². The molecule has 0 aromatic heterocycles. The van der Waals surface area contributed by atoms with Crippen molar-refractivity contribution in [2.45, 2.75) is 118 Å². The smallest absolute Gasteiger partial charge is 0.477 e. The van der Waals surface area contributed by atoms with Crippen LogP contribution in [0, 0.1) is 5.92 Å². The molecule has 0 radical (unpaired) electrons. The summed E-state index contributed by atoms with van der Waals surface area (Å²) in [6, 6.07) is 3.73. The zero-order valence-corrected chi connectivity index (χ0v) is 26.6. The van der Waals surface area contributed by atoms with Crippen molar-refractivity contribution in [1.29, 1.82) is 0 Å². The normalized spacial score (nSPS) is 13.8. The van der Waals surface area contributed by atoms with E-state index in [9.17, 15) is 24.3 Å². The lowest BCUT2D eigenvalue weighted by Crippen LogP contribution is -2.59. The largest absolute Gasteiger partial charge is 0.513 e. The lowest BCUT2D eigenvalue weighted by Gasteiger charge is -2.33. The van der Waals surface area contributed by atoms with Gasteiger partial charge in [0.05, 0.1) is 13.2 Å². The van der Waals surface area contributed by atoms with Gasteiger partial charge in [0, 0.05) is 12.5 Å². The summed E-state index contributed by atoms with van der Waals surface area (Å²) in [5, 5.41) is 13.2. The number of ether oxygens (including phenoxy) is 6. The van der Waals surface area contributed by atoms with Crippen LogP contribution in [-0.4, -0.2) is 60.6 Å². The van der Waals surface area contributed by atoms with Crippen molar-refractivity contribution in [3.05, 3.63) is 23.8 Å². The van der Waals surface area contributed by atoms with Gasteiger partial charge in [-0.1, -0.05) is 66.4 Å². The Kier molecular flexibility index (Phi) is 17.1. The molecule has 43 heavy (non-hydrogen) atoms. The van der Waals surface area contributed by atoms with Crippen molar-refractivity contribution in [2.24, 2.45) is 5.92 Å². The number of hydrogen-bond donors (Lipinski definition) is 2. The zero-order chi connectivity index (χ0) is 32.4. The molecule has 0 heterocycles. The molecule has 0 amide bonds. The molecule has 1 aromatic rings. The first kappa shape index (κ1) is 37.5. The minimum absolute atomic E-state index is 0.0263. The Hall–Kier alpha value is -3.54. The van der Waals surface area contributed by atoms with E-state index in [1.807, 2.05) is 34.6 Å². The summed E-state index contributed by atoms with van der Waals surface area (Å²) < 4.78 is 31.6. The van der Waals surface area contributed by atoms with Crippen LogP contribution in [0.15, 0.2) is 18.2 Å². The van der Waals surface area contributed by atoms with E-state index < -0.39 is 36.3 Å². The molecule has 12 heteroatoms. The molecule has 0 bridgehead atoms. The first-order valence-electron chi connectivity index (χ1n) is 15.1. The van der Waals surface area contributed by atoms with Gasteiger partial charge in [-0.3, -0.25) is 5.32 Å². The van der Waals surface area contributed by atoms with Gasteiger partial charge in [-0.25, -0.2) is 19.2 Å². The summed E-state index contributed by atoms with van der Waals surface area (Å²) in [5.74, 6) is -1.84. The fourth-order valence-corrected chi connectivity index (χ4v) is 3.62. The molecule has 0 saturated heterocycles. The second-order valence-electron chi connectivity index (χ2n) is 10.8. The van der Waals surface area contributed by atoms with Crippen LogP contribution >= 0.6 is 0 Å².